The Kier molecular flexibility index (Phi) is 5.78. The van der Waals surface area contributed by atoms with Crippen LogP contribution in [0.3, 0.4) is 0 Å². The van der Waals surface area contributed by atoms with Gasteiger partial charge in [0.2, 0.25) is 0 Å². The van der Waals surface area contributed by atoms with Gasteiger partial charge in [-0.1, -0.05) is 12.8 Å². The van der Waals surface area contributed by atoms with Gasteiger partial charge in [-0.2, -0.15) is 0 Å². The van der Waals surface area contributed by atoms with E-state index in [2.05, 4.69) is 0 Å². The van der Waals surface area contributed by atoms with Crippen LogP contribution in [0.25, 0.3) is 0 Å². The quantitative estimate of drug-likeness (QED) is 0.704. The number of ether oxygens (including phenoxy) is 1. The zero-order valence-electron chi connectivity index (χ0n) is 8.92. The highest BCUT2D eigenvalue weighted by atomic mass is 19.1. The van der Waals surface area contributed by atoms with Gasteiger partial charge in [-0.15, -0.1) is 0 Å². The van der Waals surface area contributed by atoms with Crippen molar-refractivity contribution in [1.29, 1.82) is 0 Å². The number of halogens is 1. The third-order valence-electron chi connectivity index (χ3n) is 2.18. The Hall–Kier alpha value is -1.09. The molecule has 0 atom stereocenters. The summed E-state index contributed by atoms with van der Waals surface area (Å²) in [5.41, 5.74) is 5.38. The summed E-state index contributed by atoms with van der Waals surface area (Å²) in [6.07, 6.45) is 4.40. The van der Waals surface area contributed by atoms with Crippen LogP contribution in [0.5, 0.6) is 5.75 Å². The number of benzene rings is 1. The number of hydrogen-bond acceptors (Lipinski definition) is 2. The van der Waals surface area contributed by atoms with Crippen LogP contribution in [-0.2, 0) is 0 Å². The molecule has 3 heteroatoms. The van der Waals surface area contributed by atoms with Crippen LogP contribution < -0.4 is 10.5 Å². The van der Waals surface area contributed by atoms with Crippen LogP contribution in [0.2, 0.25) is 0 Å². The van der Waals surface area contributed by atoms with Crippen molar-refractivity contribution in [3.05, 3.63) is 30.1 Å². The van der Waals surface area contributed by atoms with Crippen LogP contribution >= 0.6 is 0 Å². The molecule has 2 nitrogen and oxygen atoms in total. The normalized spacial score (nSPS) is 10.3. The number of unbranched alkanes of at least 4 members (excludes halogenated alkanes) is 3. The first-order chi connectivity index (χ1) is 7.33. The molecule has 0 spiro atoms. The van der Waals surface area contributed by atoms with Crippen molar-refractivity contribution in [3.8, 4) is 5.75 Å². The zero-order valence-corrected chi connectivity index (χ0v) is 8.92. The first-order valence-electron chi connectivity index (χ1n) is 5.41. The van der Waals surface area contributed by atoms with E-state index < -0.39 is 0 Å². The van der Waals surface area contributed by atoms with Crippen LogP contribution in [0.1, 0.15) is 25.7 Å². The molecule has 0 aromatic heterocycles. The molecule has 0 aliphatic heterocycles. The second-order valence-corrected chi connectivity index (χ2v) is 3.51. The minimum atomic E-state index is -0.231. The average Bonchev–Trinajstić information content (AvgIpc) is 2.26. The van der Waals surface area contributed by atoms with Crippen molar-refractivity contribution in [2.45, 2.75) is 25.7 Å². The predicted molar refractivity (Wildman–Crippen MR) is 59.4 cm³/mol. The molecule has 15 heavy (non-hydrogen) atoms. The summed E-state index contributed by atoms with van der Waals surface area (Å²) >= 11 is 0. The van der Waals surface area contributed by atoms with E-state index in [0.29, 0.717) is 6.61 Å². The topological polar surface area (TPSA) is 35.2 Å². The zero-order chi connectivity index (χ0) is 10.9. The van der Waals surface area contributed by atoms with E-state index in [9.17, 15) is 4.39 Å². The van der Waals surface area contributed by atoms with Gasteiger partial charge in [-0.25, -0.2) is 4.39 Å². The van der Waals surface area contributed by atoms with Crippen molar-refractivity contribution >= 4 is 0 Å². The molecule has 0 aliphatic rings. The Morgan fingerprint density at radius 2 is 1.67 bits per heavy atom. The van der Waals surface area contributed by atoms with Crippen LogP contribution in [0.4, 0.5) is 4.39 Å². The van der Waals surface area contributed by atoms with Gasteiger partial charge in [-0.3, -0.25) is 0 Å². The van der Waals surface area contributed by atoms with Crippen molar-refractivity contribution in [1.82, 2.24) is 0 Å². The Bertz CT molecular complexity index is 261. The third kappa shape index (κ3) is 5.37. The lowest BCUT2D eigenvalue weighted by Gasteiger charge is -2.05. The molecule has 0 saturated heterocycles. The molecule has 0 radical (unpaired) electrons. The predicted octanol–water partition coefficient (Wildman–Crippen LogP) is 2.72. The Labute approximate surface area is 90.2 Å². The molecule has 1 rings (SSSR count). The highest BCUT2D eigenvalue weighted by Gasteiger charge is 1.94. The molecule has 0 unspecified atom stereocenters. The average molecular weight is 211 g/mol. The van der Waals surface area contributed by atoms with E-state index in [1.165, 1.54) is 12.1 Å². The molecule has 1 aromatic rings. The van der Waals surface area contributed by atoms with E-state index in [4.69, 9.17) is 10.5 Å². The number of nitrogens with two attached hydrogens (primary N) is 1. The highest BCUT2D eigenvalue weighted by molar-refractivity contribution is 5.21. The lowest BCUT2D eigenvalue weighted by atomic mass is 10.2. The molecule has 0 aliphatic carbocycles. The summed E-state index contributed by atoms with van der Waals surface area (Å²) in [7, 11) is 0. The van der Waals surface area contributed by atoms with Gasteiger partial charge in [0, 0.05) is 0 Å². The maximum absolute atomic E-state index is 12.5. The smallest absolute Gasteiger partial charge is 0.123 e. The minimum absolute atomic E-state index is 0.231. The fraction of sp³-hybridized carbons (Fsp3) is 0.500. The van der Waals surface area contributed by atoms with Gasteiger partial charge >= 0.3 is 0 Å². The molecular weight excluding hydrogens is 193 g/mol. The lowest BCUT2D eigenvalue weighted by molar-refractivity contribution is 0.304. The van der Waals surface area contributed by atoms with Crippen molar-refractivity contribution in [3.63, 3.8) is 0 Å². The summed E-state index contributed by atoms with van der Waals surface area (Å²) in [6.45, 7) is 1.45. The molecule has 0 bridgehead atoms. The van der Waals surface area contributed by atoms with Crippen molar-refractivity contribution < 1.29 is 9.13 Å². The standard InChI is InChI=1S/C12H18FNO/c13-11-5-7-12(8-6-11)15-10-4-2-1-3-9-14/h5-8H,1-4,9-10,14H2. The van der Waals surface area contributed by atoms with E-state index in [0.717, 1.165) is 38.0 Å². The molecule has 0 amide bonds. The second kappa shape index (κ2) is 7.23. The summed E-state index contributed by atoms with van der Waals surface area (Å²) < 4.78 is 18.0. The van der Waals surface area contributed by atoms with Crippen molar-refractivity contribution in [2.75, 3.05) is 13.2 Å². The first-order valence-corrected chi connectivity index (χ1v) is 5.41. The van der Waals surface area contributed by atoms with Gasteiger partial charge in [0.05, 0.1) is 6.61 Å². The Morgan fingerprint density at radius 1 is 1.00 bits per heavy atom. The van der Waals surface area contributed by atoms with Gasteiger partial charge in [0.15, 0.2) is 0 Å². The van der Waals surface area contributed by atoms with E-state index in [-0.39, 0.29) is 5.82 Å². The van der Waals surface area contributed by atoms with E-state index in [1.54, 1.807) is 12.1 Å². The maximum Gasteiger partial charge on any atom is 0.123 e. The van der Waals surface area contributed by atoms with Crippen LogP contribution in [0, 0.1) is 5.82 Å². The fourth-order valence-electron chi connectivity index (χ4n) is 1.32. The van der Waals surface area contributed by atoms with Gasteiger partial charge in [0.25, 0.3) is 0 Å². The fourth-order valence-corrected chi connectivity index (χ4v) is 1.32. The third-order valence-corrected chi connectivity index (χ3v) is 2.18. The molecule has 0 heterocycles. The number of hydrogen-bond donors (Lipinski definition) is 1. The van der Waals surface area contributed by atoms with Crippen molar-refractivity contribution in [2.24, 2.45) is 5.73 Å². The van der Waals surface area contributed by atoms with Crippen LogP contribution in [-0.4, -0.2) is 13.2 Å². The summed E-state index contributed by atoms with van der Waals surface area (Å²) in [5.74, 6) is 0.500. The van der Waals surface area contributed by atoms with E-state index >= 15 is 0 Å². The molecule has 84 valence electrons. The Balaban J connectivity index is 2.07. The monoisotopic (exact) mass is 211 g/mol. The van der Waals surface area contributed by atoms with Gasteiger partial charge in [0.1, 0.15) is 11.6 Å². The molecule has 0 fully saturated rings. The summed E-state index contributed by atoms with van der Waals surface area (Å²) in [5, 5.41) is 0. The van der Waals surface area contributed by atoms with Gasteiger partial charge < -0.3 is 10.5 Å². The SMILES string of the molecule is NCCCCCCOc1ccc(F)cc1. The summed E-state index contributed by atoms with van der Waals surface area (Å²) in [6, 6.07) is 6.11. The highest BCUT2D eigenvalue weighted by Crippen LogP contribution is 2.11. The largest absolute Gasteiger partial charge is 0.494 e. The minimum Gasteiger partial charge on any atom is -0.494 e. The Morgan fingerprint density at radius 3 is 2.33 bits per heavy atom. The molecule has 2 N–H and O–H groups in total. The van der Waals surface area contributed by atoms with Crippen LogP contribution in [0.15, 0.2) is 24.3 Å². The first kappa shape index (κ1) is 12.0. The maximum atomic E-state index is 12.5. The molecular formula is C12H18FNO. The number of rotatable bonds is 7. The van der Waals surface area contributed by atoms with E-state index in [1.807, 2.05) is 0 Å². The summed E-state index contributed by atoms with van der Waals surface area (Å²) in [4.78, 5) is 0. The lowest BCUT2D eigenvalue weighted by Crippen LogP contribution is -2.00. The van der Waals surface area contributed by atoms with Gasteiger partial charge in [-0.05, 0) is 43.7 Å². The molecule has 1 aromatic carbocycles. The molecule has 0 saturated carbocycles. The second-order valence-electron chi connectivity index (χ2n) is 3.51.